The van der Waals surface area contributed by atoms with Gasteiger partial charge in [0.2, 0.25) is 11.7 Å². The Bertz CT molecular complexity index is 1400. The number of benzene rings is 2. The van der Waals surface area contributed by atoms with Crippen molar-refractivity contribution >= 4 is 11.6 Å². The van der Waals surface area contributed by atoms with Crippen LogP contribution in [0.1, 0.15) is 21.9 Å². The number of furan rings is 1. The number of nitrogens with one attached hydrogen (secondary N) is 1. The second-order valence-electron chi connectivity index (χ2n) is 7.32. The van der Waals surface area contributed by atoms with Crippen molar-refractivity contribution in [3.63, 3.8) is 0 Å². The lowest BCUT2D eigenvalue weighted by Crippen LogP contribution is -2.17. The number of carbonyl (C=O) groups is 1. The van der Waals surface area contributed by atoms with Crippen LogP contribution in [-0.2, 0) is 13.5 Å². The number of anilines is 1. The van der Waals surface area contributed by atoms with Crippen LogP contribution in [-0.4, -0.2) is 25.8 Å². The molecular formula is C24H18FN5O3. The van der Waals surface area contributed by atoms with Gasteiger partial charge in [-0.1, -0.05) is 23.4 Å². The van der Waals surface area contributed by atoms with E-state index in [-0.39, 0.29) is 11.7 Å². The maximum atomic E-state index is 13.2. The lowest BCUT2D eigenvalue weighted by Gasteiger charge is -2.09. The molecule has 0 bridgehead atoms. The third-order valence-corrected chi connectivity index (χ3v) is 5.07. The molecule has 1 amide bonds. The van der Waals surface area contributed by atoms with Crippen LogP contribution in [0.2, 0.25) is 0 Å². The summed E-state index contributed by atoms with van der Waals surface area (Å²) in [5.74, 6) is 0.608. The Morgan fingerprint density at radius 1 is 1.09 bits per heavy atom. The predicted molar refractivity (Wildman–Crippen MR) is 118 cm³/mol. The van der Waals surface area contributed by atoms with Crippen molar-refractivity contribution in [1.82, 2.24) is 19.9 Å². The van der Waals surface area contributed by atoms with Gasteiger partial charge in [-0.2, -0.15) is 10.1 Å². The minimum atomic E-state index is -0.332. The number of hydrogen-bond acceptors (Lipinski definition) is 6. The lowest BCUT2D eigenvalue weighted by molar-refractivity contribution is 0.101. The first-order chi connectivity index (χ1) is 16.1. The number of aromatic nitrogens is 4. The molecule has 3 heterocycles. The van der Waals surface area contributed by atoms with E-state index in [4.69, 9.17) is 8.94 Å². The van der Waals surface area contributed by atoms with Crippen molar-refractivity contribution in [3.8, 4) is 22.8 Å². The average Bonchev–Trinajstić information content (AvgIpc) is 3.56. The highest BCUT2D eigenvalue weighted by Gasteiger charge is 2.17. The van der Waals surface area contributed by atoms with E-state index in [2.05, 4.69) is 20.6 Å². The molecule has 0 aliphatic carbocycles. The summed E-state index contributed by atoms with van der Waals surface area (Å²) < 4.78 is 25.3. The minimum absolute atomic E-state index is 0.326. The molecule has 9 heteroatoms. The van der Waals surface area contributed by atoms with Crippen LogP contribution < -0.4 is 5.32 Å². The van der Waals surface area contributed by atoms with E-state index in [1.54, 1.807) is 43.4 Å². The number of nitrogens with zero attached hydrogens (tertiary/aromatic N) is 4. The van der Waals surface area contributed by atoms with Crippen LogP contribution in [0.5, 0.6) is 0 Å². The van der Waals surface area contributed by atoms with Gasteiger partial charge in [0.1, 0.15) is 11.5 Å². The number of para-hydroxylation sites is 1. The monoisotopic (exact) mass is 443 g/mol. The van der Waals surface area contributed by atoms with Gasteiger partial charge in [0.15, 0.2) is 5.76 Å². The first-order valence-corrected chi connectivity index (χ1v) is 10.1. The highest BCUT2D eigenvalue weighted by Crippen LogP contribution is 2.23. The first-order valence-electron chi connectivity index (χ1n) is 10.1. The van der Waals surface area contributed by atoms with E-state index in [0.717, 1.165) is 11.1 Å². The van der Waals surface area contributed by atoms with Gasteiger partial charge in [0.25, 0.3) is 5.91 Å². The zero-order valence-electron chi connectivity index (χ0n) is 17.5. The Balaban J connectivity index is 1.35. The summed E-state index contributed by atoms with van der Waals surface area (Å²) >= 11 is 0. The molecule has 5 aromatic rings. The molecule has 33 heavy (non-hydrogen) atoms. The second-order valence-corrected chi connectivity index (χ2v) is 7.32. The molecular weight excluding hydrogens is 425 g/mol. The number of hydrogen-bond donors (Lipinski definition) is 1. The Hall–Kier alpha value is -4.53. The van der Waals surface area contributed by atoms with Crippen LogP contribution in [0.4, 0.5) is 10.1 Å². The van der Waals surface area contributed by atoms with Crippen LogP contribution in [0.25, 0.3) is 22.8 Å². The maximum Gasteiger partial charge on any atom is 0.273 e. The minimum Gasteiger partial charge on any atom is -0.461 e. The highest BCUT2D eigenvalue weighted by molar-refractivity contribution is 6.04. The first kappa shape index (κ1) is 20.4. The smallest absolute Gasteiger partial charge is 0.273 e. The largest absolute Gasteiger partial charge is 0.461 e. The fraction of sp³-hybridized carbons (Fsp3) is 0.0833. The van der Waals surface area contributed by atoms with E-state index < -0.39 is 0 Å². The van der Waals surface area contributed by atoms with Crippen molar-refractivity contribution < 1.29 is 18.1 Å². The average molecular weight is 443 g/mol. The van der Waals surface area contributed by atoms with Gasteiger partial charge >= 0.3 is 0 Å². The summed E-state index contributed by atoms with van der Waals surface area (Å²) in [6.07, 6.45) is 1.87. The van der Waals surface area contributed by atoms with Gasteiger partial charge in [0.05, 0.1) is 18.4 Å². The standard InChI is InChI=1S/C24H18FN5O3/c1-30-20(14-19(28-30)15-8-10-17(25)11-9-15)24(31)26-18-6-3-2-5-16(18)13-22-27-23(29-33-22)21-7-4-12-32-21/h2-12,14H,13H2,1H3,(H,26,31). The predicted octanol–water partition coefficient (Wildman–Crippen LogP) is 4.71. The van der Waals surface area contributed by atoms with Gasteiger partial charge < -0.3 is 14.3 Å². The summed E-state index contributed by atoms with van der Waals surface area (Å²) in [6, 6.07) is 18.5. The Labute approximate surface area is 187 Å². The molecule has 0 saturated heterocycles. The zero-order valence-corrected chi connectivity index (χ0v) is 17.5. The molecule has 8 nitrogen and oxygen atoms in total. The second kappa shape index (κ2) is 8.54. The molecule has 0 radical (unpaired) electrons. The molecule has 0 spiro atoms. The molecule has 0 saturated carbocycles. The molecule has 0 unspecified atom stereocenters. The normalized spacial score (nSPS) is 11.0. The summed E-state index contributed by atoms with van der Waals surface area (Å²) in [7, 11) is 1.68. The van der Waals surface area contributed by atoms with Crippen LogP contribution in [0.15, 0.2) is 81.9 Å². The molecule has 164 valence electrons. The molecule has 0 atom stereocenters. The maximum absolute atomic E-state index is 13.2. The van der Waals surface area contributed by atoms with Gasteiger partial charge in [-0.3, -0.25) is 9.48 Å². The summed E-state index contributed by atoms with van der Waals surface area (Å²) in [4.78, 5) is 17.4. The van der Waals surface area contributed by atoms with Crippen LogP contribution in [0, 0.1) is 5.82 Å². The summed E-state index contributed by atoms with van der Waals surface area (Å²) in [6.45, 7) is 0. The highest BCUT2D eigenvalue weighted by atomic mass is 19.1. The number of rotatable bonds is 6. The fourth-order valence-corrected chi connectivity index (χ4v) is 3.42. The molecule has 0 aliphatic heterocycles. The quantitative estimate of drug-likeness (QED) is 0.408. The molecule has 0 aliphatic rings. The molecule has 3 aromatic heterocycles. The van der Waals surface area contributed by atoms with Gasteiger partial charge in [0, 0.05) is 18.3 Å². The molecule has 0 fully saturated rings. The van der Waals surface area contributed by atoms with E-state index in [0.29, 0.717) is 41.0 Å². The number of aryl methyl sites for hydroxylation is 1. The third kappa shape index (κ3) is 4.29. The van der Waals surface area contributed by atoms with Crippen molar-refractivity contribution in [2.24, 2.45) is 7.05 Å². The zero-order chi connectivity index (χ0) is 22.8. The van der Waals surface area contributed by atoms with E-state index in [1.807, 2.05) is 18.2 Å². The van der Waals surface area contributed by atoms with Crippen LogP contribution >= 0.6 is 0 Å². The summed E-state index contributed by atoms with van der Waals surface area (Å²) in [5.41, 5.74) is 3.08. The lowest BCUT2D eigenvalue weighted by atomic mass is 10.1. The third-order valence-electron chi connectivity index (χ3n) is 5.07. The SMILES string of the molecule is Cn1nc(-c2ccc(F)cc2)cc1C(=O)Nc1ccccc1Cc1nc(-c2ccco2)no1. The van der Waals surface area contributed by atoms with Crippen molar-refractivity contribution in [3.05, 3.63) is 96.0 Å². The van der Waals surface area contributed by atoms with Gasteiger partial charge in [-0.25, -0.2) is 4.39 Å². The summed E-state index contributed by atoms with van der Waals surface area (Å²) in [5, 5.41) is 11.2. The van der Waals surface area contributed by atoms with Crippen molar-refractivity contribution in [2.45, 2.75) is 6.42 Å². The van der Waals surface area contributed by atoms with Crippen molar-refractivity contribution in [1.29, 1.82) is 0 Å². The Morgan fingerprint density at radius 2 is 1.91 bits per heavy atom. The molecule has 1 N–H and O–H groups in total. The topological polar surface area (TPSA) is 99.0 Å². The van der Waals surface area contributed by atoms with E-state index >= 15 is 0 Å². The Kier molecular flexibility index (Phi) is 5.27. The Morgan fingerprint density at radius 3 is 2.70 bits per heavy atom. The number of halogens is 1. The van der Waals surface area contributed by atoms with Gasteiger partial charge in [-0.05, 0) is 54.1 Å². The molecule has 5 rings (SSSR count). The number of carbonyl (C=O) groups excluding carboxylic acids is 1. The fourth-order valence-electron chi connectivity index (χ4n) is 3.42. The van der Waals surface area contributed by atoms with Gasteiger partial charge in [-0.15, -0.1) is 0 Å². The van der Waals surface area contributed by atoms with Crippen molar-refractivity contribution in [2.75, 3.05) is 5.32 Å². The van der Waals surface area contributed by atoms with Crippen LogP contribution in [0.3, 0.4) is 0 Å². The molecule has 2 aromatic carbocycles. The van der Waals surface area contributed by atoms with E-state index in [1.165, 1.54) is 23.1 Å². The number of amides is 1. The van der Waals surface area contributed by atoms with E-state index in [9.17, 15) is 9.18 Å².